The SMILES string of the molecule is Cc1cc(C(=O)OCC(=O)N[C@](C)(C#N)C(C)C)c(C)n1C1CC1. The van der Waals surface area contributed by atoms with Crippen LogP contribution in [0.3, 0.4) is 0 Å². The van der Waals surface area contributed by atoms with Crippen LogP contribution in [-0.2, 0) is 9.53 Å². The molecule has 0 bridgehead atoms. The monoisotopic (exact) mass is 331 g/mol. The standard InChI is InChI=1S/C18H25N3O3/c1-11(2)18(5,10-19)20-16(22)9-24-17(23)15-8-12(3)21(13(15)4)14-6-7-14/h8,11,14H,6-7,9H2,1-5H3,(H,20,22)/t18-/m1/s1. The molecule has 0 aliphatic heterocycles. The van der Waals surface area contributed by atoms with Crippen LogP contribution >= 0.6 is 0 Å². The quantitative estimate of drug-likeness (QED) is 0.812. The zero-order chi connectivity index (χ0) is 18.1. The molecular formula is C18H25N3O3. The molecular weight excluding hydrogens is 306 g/mol. The van der Waals surface area contributed by atoms with Gasteiger partial charge in [0.05, 0.1) is 11.6 Å². The lowest BCUT2D eigenvalue weighted by molar-refractivity contribution is -0.125. The highest BCUT2D eigenvalue weighted by molar-refractivity contribution is 5.93. The van der Waals surface area contributed by atoms with E-state index in [1.165, 1.54) is 0 Å². The molecule has 2 rings (SSSR count). The smallest absolute Gasteiger partial charge is 0.340 e. The highest BCUT2D eigenvalue weighted by Crippen LogP contribution is 2.38. The lowest BCUT2D eigenvalue weighted by atomic mass is 9.90. The summed E-state index contributed by atoms with van der Waals surface area (Å²) in [7, 11) is 0. The summed E-state index contributed by atoms with van der Waals surface area (Å²) in [6.45, 7) is 8.82. The van der Waals surface area contributed by atoms with Gasteiger partial charge in [0.1, 0.15) is 5.54 Å². The summed E-state index contributed by atoms with van der Waals surface area (Å²) in [6, 6.07) is 4.38. The molecule has 0 saturated heterocycles. The Balaban J connectivity index is 1.98. The maximum atomic E-state index is 12.3. The molecule has 0 aromatic carbocycles. The van der Waals surface area contributed by atoms with Crippen LogP contribution in [-0.4, -0.2) is 28.6 Å². The Morgan fingerprint density at radius 2 is 2.08 bits per heavy atom. The Morgan fingerprint density at radius 1 is 1.46 bits per heavy atom. The van der Waals surface area contributed by atoms with E-state index >= 15 is 0 Å². The van der Waals surface area contributed by atoms with Gasteiger partial charge in [-0.2, -0.15) is 5.26 Å². The van der Waals surface area contributed by atoms with E-state index in [1.54, 1.807) is 13.0 Å². The average molecular weight is 331 g/mol. The van der Waals surface area contributed by atoms with E-state index in [4.69, 9.17) is 4.74 Å². The number of carbonyl (C=O) groups is 2. The number of esters is 1. The Morgan fingerprint density at radius 3 is 2.58 bits per heavy atom. The molecule has 1 atom stereocenters. The number of ether oxygens (including phenoxy) is 1. The van der Waals surface area contributed by atoms with Crippen molar-refractivity contribution in [1.29, 1.82) is 5.26 Å². The van der Waals surface area contributed by atoms with Crippen molar-refractivity contribution < 1.29 is 14.3 Å². The number of nitrogens with zero attached hydrogens (tertiary/aromatic N) is 2. The van der Waals surface area contributed by atoms with Crippen molar-refractivity contribution in [2.75, 3.05) is 6.61 Å². The predicted molar refractivity (Wildman–Crippen MR) is 89.5 cm³/mol. The largest absolute Gasteiger partial charge is 0.452 e. The number of hydrogen-bond donors (Lipinski definition) is 1. The van der Waals surface area contributed by atoms with Crippen LogP contribution in [0.1, 0.15) is 61.4 Å². The second kappa shape index (κ2) is 6.68. The molecule has 1 heterocycles. The fourth-order valence-electron chi connectivity index (χ4n) is 2.71. The van der Waals surface area contributed by atoms with Crippen LogP contribution < -0.4 is 5.32 Å². The van der Waals surface area contributed by atoms with Crippen molar-refractivity contribution in [3.05, 3.63) is 23.0 Å². The Labute approximate surface area is 142 Å². The minimum absolute atomic E-state index is 0.0559. The normalized spacial score (nSPS) is 16.4. The van der Waals surface area contributed by atoms with E-state index in [0.717, 1.165) is 24.2 Å². The van der Waals surface area contributed by atoms with Crippen LogP contribution in [0.25, 0.3) is 0 Å². The number of aryl methyl sites for hydroxylation is 1. The zero-order valence-corrected chi connectivity index (χ0v) is 15.0. The topological polar surface area (TPSA) is 84.1 Å². The van der Waals surface area contributed by atoms with Gasteiger partial charge < -0.3 is 14.6 Å². The Hall–Kier alpha value is -2.29. The molecule has 1 aromatic heterocycles. The van der Waals surface area contributed by atoms with Crippen molar-refractivity contribution in [3.8, 4) is 6.07 Å². The summed E-state index contributed by atoms with van der Waals surface area (Å²) < 4.78 is 7.29. The minimum atomic E-state index is -0.981. The van der Waals surface area contributed by atoms with Gasteiger partial charge in [-0.05, 0) is 45.6 Å². The molecule has 0 spiro atoms. The van der Waals surface area contributed by atoms with E-state index in [1.807, 2.05) is 27.7 Å². The lowest BCUT2D eigenvalue weighted by Gasteiger charge is -2.27. The molecule has 0 radical (unpaired) electrons. The van der Waals surface area contributed by atoms with E-state index in [0.29, 0.717) is 11.6 Å². The van der Waals surface area contributed by atoms with Crippen LogP contribution in [0.2, 0.25) is 0 Å². The first-order valence-corrected chi connectivity index (χ1v) is 8.27. The fraction of sp³-hybridized carbons (Fsp3) is 0.611. The number of nitriles is 1. The number of hydrogen-bond acceptors (Lipinski definition) is 4. The highest BCUT2D eigenvalue weighted by atomic mass is 16.5. The van der Waals surface area contributed by atoms with Crippen LogP contribution in [0.5, 0.6) is 0 Å². The van der Waals surface area contributed by atoms with Crippen molar-refractivity contribution in [2.24, 2.45) is 5.92 Å². The van der Waals surface area contributed by atoms with Gasteiger partial charge in [-0.25, -0.2) is 4.79 Å². The van der Waals surface area contributed by atoms with Crippen LogP contribution in [0.15, 0.2) is 6.07 Å². The third-order valence-corrected chi connectivity index (χ3v) is 4.74. The Bertz CT molecular complexity index is 695. The first-order chi connectivity index (χ1) is 11.2. The van der Waals surface area contributed by atoms with Crippen molar-refractivity contribution in [2.45, 2.75) is 59.0 Å². The maximum Gasteiger partial charge on any atom is 0.340 e. The number of aromatic nitrogens is 1. The third-order valence-electron chi connectivity index (χ3n) is 4.74. The molecule has 1 N–H and O–H groups in total. The third kappa shape index (κ3) is 3.61. The summed E-state index contributed by atoms with van der Waals surface area (Å²) in [6.07, 6.45) is 2.27. The summed E-state index contributed by atoms with van der Waals surface area (Å²) in [5, 5.41) is 11.8. The molecule has 6 heteroatoms. The molecule has 1 aromatic rings. The summed E-state index contributed by atoms with van der Waals surface area (Å²) in [4.78, 5) is 24.3. The van der Waals surface area contributed by atoms with Gasteiger partial charge in [-0.3, -0.25) is 4.79 Å². The predicted octanol–water partition coefficient (Wildman–Crippen LogP) is 2.65. The number of carbonyl (C=O) groups excluding carboxylic acids is 2. The van der Waals surface area contributed by atoms with Crippen LogP contribution in [0, 0.1) is 31.1 Å². The fourth-order valence-corrected chi connectivity index (χ4v) is 2.71. The molecule has 1 saturated carbocycles. The van der Waals surface area contributed by atoms with Gasteiger partial charge in [0.2, 0.25) is 0 Å². The van der Waals surface area contributed by atoms with Crippen LogP contribution in [0.4, 0.5) is 0 Å². The van der Waals surface area contributed by atoms with E-state index < -0.39 is 24.0 Å². The molecule has 130 valence electrons. The maximum absolute atomic E-state index is 12.3. The molecule has 0 unspecified atom stereocenters. The van der Waals surface area contributed by atoms with Crippen molar-refractivity contribution >= 4 is 11.9 Å². The van der Waals surface area contributed by atoms with Gasteiger partial charge in [-0.1, -0.05) is 13.8 Å². The number of amides is 1. The van der Waals surface area contributed by atoms with Gasteiger partial charge >= 0.3 is 5.97 Å². The summed E-state index contributed by atoms with van der Waals surface area (Å²) in [5.41, 5.74) is 1.43. The molecule has 1 fully saturated rings. The minimum Gasteiger partial charge on any atom is -0.452 e. The van der Waals surface area contributed by atoms with E-state index in [2.05, 4.69) is 16.0 Å². The first kappa shape index (κ1) is 18.1. The Kier molecular flexibility index (Phi) is 5.02. The molecule has 1 amide bonds. The second-order valence-corrected chi connectivity index (χ2v) is 6.98. The number of rotatable bonds is 6. The van der Waals surface area contributed by atoms with E-state index in [-0.39, 0.29) is 5.92 Å². The highest BCUT2D eigenvalue weighted by Gasteiger charge is 2.31. The molecule has 6 nitrogen and oxygen atoms in total. The van der Waals surface area contributed by atoms with Gasteiger partial charge in [0.15, 0.2) is 6.61 Å². The van der Waals surface area contributed by atoms with Crippen molar-refractivity contribution in [3.63, 3.8) is 0 Å². The van der Waals surface area contributed by atoms with Gasteiger partial charge in [0.25, 0.3) is 5.91 Å². The molecule has 24 heavy (non-hydrogen) atoms. The van der Waals surface area contributed by atoms with Crippen molar-refractivity contribution in [1.82, 2.24) is 9.88 Å². The number of nitrogens with one attached hydrogen (secondary N) is 1. The average Bonchev–Trinajstić information content (AvgIpc) is 3.30. The summed E-state index contributed by atoms with van der Waals surface area (Å²) >= 11 is 0. The zero-order valence-electron chi connectivity index (χ0n) is 15.0. The van der Waals surface area contributed by atoms with Gasteiger partial charge in [0, 0.05) is 17.4 Å². The lowest BCUT2D eigenvalue weighted by Crippen LogP contribution is -2.50. The molecule has 1 aliphatic rings. The summed E-state index contributed by atoms with van der Waals surface area (Å²) in [5.74, 6) is -1.04. The molecule has 1 aliphatic carbocycles. The second-order valence-electron chi connectivity index (χ2n) is 6.98. The van der Waals surface area contributed by atoms with E-state index in [9.17, 15) is 14.9 Å². The van der Waals surface area contributed by atoms with Gasteiger partial charge in [-0.15, -0.1) is 0 Å². The first-order valence-electron chi connectivity index (χ1n) is 8.27.